The molecular formula is C20H24Cl3N2+. The Hall–Kier alpha value is -0.770. The van der Waals surface area contributed by atoms with Gasteiger partial charge in [-0.25, -0.2) is 4.48 Å². The fourth-order valence-corrected chi connectivity index (χ4v) is 4.46. The van der Waals surface area contributed by atoms with Gasteiger partial charge in [0.05, 0.1) is 6.54 Å². The lowest BCUT2D eigenvalue weighted by Gasteiger charge is -2.41. The van der Waals surface area contributed by atoms with Gasteiger partial charge in [-0.15, -0.1) is 0 Å². The van der Waals surface area contributed by atoms with Crippen molar-refractivity contribution in [2.75, 3.05) is 13.1 Å². The summed E-state index contributed by atoms with van der Waals surface area (Å²) in [4.78, 5) is 0. The fourth-order valence-electron chi connectivity index (χ4n) is 3.73. The van der Waals surface area contributed by atoms with Gasteiger partial charge in [-0.1, -0.05) is 72.9 Å². The van der Waals surface area contributed by atoms with E-state index in [0.29, 0.717) is 4.48 Å². The average Bonchev–Trinajstić information content (AvgIpc) is 3.08. The second-order valence-corrected chi connectivity index (χ2v) is 8.90. The first-order valence-corrected chi connectivity index (χ1v) is 9.92. The standard InChI is InChI=1S/C20H24Cl3N2/c1-3-15-5-9-17(10-6-15)25(14-13-24-19(25)20(21,22)23)18-11-7-16(4-2)8-12-18/h5-12,19,24H,3-4,13-14H2,1-2H3/q+1. The third-order valence-corrected chi connectivity index (χ3v) is 5.78. The van der Waals surface area contributed by atoms with E-state index >= 15 is 0 Å². The van der Waals surface area contributed by atoms with Gasteiger partial charge in [0.15, 0.2) is 0 Å². The third kappa shape index (κ3) is 3.56. The van der Waals surface area contributed by atoms with E-state index in [2.05, 4.69) is 67.7 Å². The Balaban J connectivity index is 2.16. The smallest absolute Gasteiger partial charge is 0.257 e. The highest BCUT2D eigenvalue weighted by molar-refractivity contribution is 6.68. The topological polar surface area (TPSA) is 12.0 Å². The van der Waals surface area contributed by atoms with Gasteiger partial charge >= 0.3 is 0 Å². The lowest BCUT2D eigenvalue weighted by atomic mass is 10.1. The van der Waals surface area contributed by atoms with Gasteiger partial charge in [-0.3, -0.25) is 5.32 Å². The zero-order valence-electron chi connectivity index (χ0n) is 14.6. The van der Waals surface area contributed by atoms with Crippen LogP contribution in [-0.2, 0) is 12.8 Å². The molecule has 0 aliphatic carbocycles. The van der Waals surface area contributed by atoms with Crippen molar-refractivity contribution in [2.24, 2.45) is 0 Å². The van der Waals surface area contributed by atoms with E-state index in [1.54, 1.807) is 0 Å². The van der Waals surface area contributed by atoms with Crippen LogP contribution in [0.3, 0.4) is 0 Å². The number of aryl methyl sites for hydroxylation is 2. The summed E-state index contributed by atoms with van der Waals surface area (Å²) in [6.45, 7) is 5.95. The molecule has 1 saturated heterocycles. The minimum Gasteiger partial charge on any atom is -0.258 e. The Morgan fingerprint density at radius 3 is 1.68 bits per heavy atom. The van der Waals surface area contributed by atoms with Crippen LogP contribution in [0, 0.1) is 0 Å². The molecule has 0 bridgehead atoms. The van der Waals surface area contributed by atoms with Crippen LogP contribution < -0.4 is 9.80 Å². The number of alkyl halides is 3. The quantitative estimate of drug-likeness (QED) is 0.511. The molecule has 25 heavy (non-hydrogen) atoms. The maximum absolute atomic E-state index is 6.39. The zero-order valence-corrected chi connectivity index (χ0v) is 16.9. The van der Waals surface area contributed by atoms with Crippen LogP contribution in [-0.4, -0.2) is 23.0 Å². The second-order valence-electron chi connectivity index (χ2n) is 6.53. The highest BCUT2D eigenvalue weighted by Gasteiger charge is 2.55. The van der Waals surface area contributed by atoms with Crippen LogP contribution in [0.2, 0.25) is 0 Å². The largest absolute Gasteiger partial charge is 0.258 e. The maximum atomic E-state index is 6.39. The predicted molar refractivity (Wildman–Crippen MR) is 110 cm³/mol. The van der Waals surface area contributed by atoms with Crippen LogP contribution in [0.5, 0.6) is 0 Å². The zero-order chi connectivity index (χ0) is 18.1. The summed E-state index contributed by atoms with van der Waals surface area (Å²) >= 11 is 19.2. The molecule has 3 rings (SSSR count). The van der Waals surface area contributed by atoms with Crippen molar-refractivity contribution in [1.82, 2.24) is 9.80 Å². The predicted octanol–water partition coefficient (Wildman–Crippen LogP) is 5.75. The minimum atomic E-state index is -1.41. The molecule has 1 unspecified atom stereocenters. The molecule has 2 aromatic carbocycles. The number of benzene rings is 2. The van der Waals surface area contributed by atoms with Crippen molar-refractivity contribution in [3.05, 3.63) is 59.7 Å². The Kier molecular flexibility index (Phi) is 5.67. The summed E-state index contributed by atoms with van der Waals surface area (Å²) in [6, 6.07) is 17.4. The van der Waals surface area contributed by atoms with Gasteiger partial charge in [0.1, 0.15) is 17.9 Å². The maximum Gasteiger partial charge on any atom is 0.257 e. The lowest BCUT2D eigenvalue weighted by Crippen LogP contribution is -2.58. The highest BCUT2D eigenvalue weighted by atomic mass is 35.6. The van der Waals surface area contributed by atoms with Crippen LogP contribution in [0.1, 0.15) is 25.0 Å². The molecule has 1 atom stereocenters. The molecule has 1 heterocycles. The van der Waals surface area contributed by atoms with Gasteiger partial charge in [0.25, 0.3) is 3.79 Å². The van der Waals surface area contributed by atoms with Crippen LogP contribution in [0.15, 0.2) is 48.5 Å². The molecule has 0 radical (unpaired) electrons. The van der Waals surface area contributed by atoms with Crippen molar-refractivity contribution in [2.45, 2.75) is 36.6 Å². The summed E-state index contributed by atoms with van der Waals surface area (Å²) in [7, 11) is 0. The van der Waals surface area contributed by atoms with E-state index in [-0.39, 0.29) is 6.17 Å². The normalized spacial score (nSPS) is 20.0. The van der Waals surface area contributed by atoms with E-state index in [9.17, 15) is 0 Å². The van der Waals surface area contributed by atoms with Crippen LogP contribution in [0.25, 0.3) is 0 Å². The highest BCUT2D eigenvalue weighted by Crippen LogP contribution is 2.46. The summed E-state index contributed by atoms with van der Waals surface area (Å²) in [5.74, 6) is 0. The number of nitrogens with zero attached hydrogens (tertiary/aromatic N) is 1. The number of rotatable bonds is 4. The first-order valence-electron chi connectivity index (χ1n) is 8.78. The van der Waals surface area contributed by atoms with Gasteiger partial charge in [0.2, 0.25) is 6.17 Å². The van der Waals surface area contributed by atoms with Crippen molar-refractivity contribution in [3.8, 4) is 0 Å². The Bertz CT molecular complexity index is 658. The molecule has 0 aromatic heterocycles. The van der Waals surface area contributed by atoms with Gasteiger partial charge < -0.3 is 0 Å². The summed E-state index contributed by atoms with van der Waals surface area (Å²) in [5, 5.41) is 3.42. The number of halogens is 3. The molecule has 1 N–H and O–H groups in total. The summed E-state index contributed by atoms with van der Waals surface area (Å²) in [5.41, 5.74) is 4.90. The van der Waals surface area contributed by atoms with Crippen molar-refractivity contribution in [3.63, 3.8) is 0 Å². The molecule has 0 amide bonds. The summed E-state index contributed by atoms with van der Waals surface area (Å²) in [6.07, 6.45) is 1.69. The molecule has 2 aromatic rings. The SMILES string of the molecule is CCc1ccc([N+]2(c3ccc(CC)cc3)CCNC2C(Cl)(Cl)Cl)cc1. The molecule has 134 valence electrons. The van der Waals surface area contributed by atoms with Crippen molar-refractivity contribution < 1.29 is 0 Å². The molecule has 1 aliphatic rings. The van der Waals surface area contributed by atoms with Gasteiger partial charge in [0, 0.05) is 0 Å². The van der Waals surface area contributed by atoms with Crippen molar-refractivity contribution in [1.29, 1.82) is 0 Å². The second kappa shape index (κ2) is 7.46. The molecular weight excluding hydrogens is 375 g/mol. The molecule has 0 spiro atoms. The number of hydrogen-bond donors (Lipinski definition) is 1. The number of quaternary nitrogens is 1. The first-order chi connectivity index (χ1) is 11.9. The van der Waals surface area contributed by atoms with Crippen LogP contribution in [0.4, 0.5) is 11.4 Å². The molecule has 2 nitrogen and oxygen atoms in total. The monoisotopic (exact) mass is 397 g/mol. The molecule has 0 saturated carbocycles. The Labute approximate surface area is 165 Å². The first kappa shape index (κ1) is 19.0. The average molecular weight is 399 g/mol. The van der Waals surface area contributed by atoms with Gasteiger partial charge in [-0.2, -0.15) is 0 Å². The Morgan fingerprint density at radius 2 is 1.32 bits per heavy atom. The fraction of sp³-hybridized carbons (Fsp3) is 0.400. The lowest BCUT2D eigenvalue weighted by molar-refractivity contribution is 0.339. The van der Waals surface area contributed by atoms with Crippen LogP contribution >= 0.6 is 34.8 Å². The van der Waals surface area contributed by atoms with E-state index in [0.717, 1.165) is 37.3 Å². The van der Waals surface area contributed by atoms with Crippen molar-refractivity contribution >= 4 is 46.2 Å². The number of hydrogen-bond acceptors (Lipinski definition) is 1. The minimum absolute atomic E-state index is 0.336. The third-order valence-electron chi connectivity index (χ3n) is 5.16. The van der Waals surface area contributed by atoms with E-state index in [1.165, 1.54) is 11.1 Å². The van der Waals surface area contributed by atoms with Gasteiger partial charge in [-0.05, 0) is 48.2 Å². The Morgan fingerprint density at radius 1 is 0.880 bits per heavy atom. The van der Waals surface area contributed by atoms with E-state index in [4.69, 9.17) is 34.8 Å². The molecule has 5 heteroatoms. The number of nitrogens with one attached hydrogen (secondary N) is 1. The molecule has 1 aliphatic heterocycles. The van der Waals surface area contributed by atoms with E-state index < -0.39 is 3.79 Å². The van der Waals surface area contributed by atoms with E-state index in [1.807, 2.05) is 0 Å². The molecule has 1 fully saturated rings. The summed E-state index contributed by atoms with van der Waals surface area (Å²) < 4.78 is -0.909.